The van der Waals surface area contributed by atoms with E-state index in [1.165, 1.54) is 4.90 Å². The maximum absolute atomic E-state index is 11.8. The Morgan fingerprint density at radius 2 is 1.86 bits per heavy atom. The molecule has 0 fully saturated rings. The first-order valence-corrected chi connectivity index (χ1v) is 7.34. The maximum Gasteiger partial charge on any atom is 0.313 e. The molecule has 0 bridgehead atoms. The van der Waals surface area contributed by atoms with E-state index in [2.05, 4.69) is 10.6 Å². The molecule has 1 aromatic rings. The van der Waals surface area contributed by atoms with Crippen LogP contribution in [-0.2, 0) is 9.59 Å². The standard InChI is InChI=1S/C15H21N3O4/c1-18(2)7-3-6-16-14(19)15(20)17-11-4-5-12-13(10-11)22-9-8-21-12/h4-5,10H,3,6-9H2,1-2H3,(H,16,19)(H,17,20)/p+1. The van der Waals surface area contributed by atoms with Crippen LogP contribution in [-0.4, -0.2) is 52.2 Å². The van der Waals surface area contributed by atoms with Crippen molar-refractivity contribution in [2.75, 3.05) is 45.7 Å². The minimum absolute atomic E-state index is 0.471. The molecule has 3 N–H and O–H groups in total. The number of carbonyl (C=O) groups is 2. The first kappa shape index (κ1) is 16.1. The molecule has 2 rings (SSSR count). The molecule has 1 aliphatic heterocycles. The third kappa shape index (κ3) is 4.63. The molecule has 0 radical (unpaired) electrons. The summed E-state index contributed by atoms with van der Waals surface area (Å²) in [7, 11) is 4.08. The SMILES string of the molecule is C[NH+](C)CCCNC(=O)C(=O)Nc1ccc2c(c1)OCCO2. The van der Waals surface area contributed by atoms with Crippen molar-refractivity contribution in [2.24, 2.45) is 0 Å². The van der Waals surface area contributed by atoms with Gasteiger partial charge < -0.3 is 25.0 Å². The van der Waals surface area contributed by atoms with Crippen LogP contribution >= 0.6 is 0 Å². The van der Waals surface area contributed by atoms with Crippen LogP contribution in [0.2, 0.25) is 0 Å². The lowest BCUT2D eigenvalue weighted by Gasteiger charge is -2.18. The number of rotatable bonds is 5. The quantitative estimate of drug-likeness (QED) is 0.484. The van der Waals surface area contributed by atoms with Gasteiger partial charge in [0, 0.05) is 24.7 Å². The van der Waals surface area contributed by atoms with Crippen molar-refractivity contribution < 1.29 is 24.0 Å². The van der Waals surface area contributed by atoms with Crippen LogP contribution in [0, 0.1) is 0 Å². The zero-order valence-electron chi connectivity index (χ0n) is 12.9. The van der Waals surface area contributed by atoms with Crippen LogP contribution in [0.5, 0.6) is 11.5 Å². The summed E-state index contributed by atoms with van der Waals surface area (Å²) in [5.41, 5.74) is 0.502. The molecule has 2 amide bonds. The Hall–Kier alpha value is -2.28. The number of ether oxygens (including phenoxy) is 2. The number of nitrogens with one attached hydrogen (secondary N) is 3. The molecule has 0 aromatic heterocycles. The minimum atomic E-state index is -0.686. The molecule has 120 valence electrons. The molecule has 0 aliphatic carbocycles. The summed E-state index contributed by atoms with van der Waals surface area (Å²) in [5.74, 6) is -0.115. The van der Waals surface area contributed by atoms with Crippen LogP contribution < -0.4 is 25.0 Å². The van der Waals surface area contributed by atoms with E-state index in [1.807, 2.05) is 14.1 Å². The van der Waals surface area contributed by atoms with Crippen molar-refractivity contribution in [2.45, 2.75) is 6.42 Å². The molecule has 0 saturated heterocycles. The predicted molar refractivity (Wildman–Crippen MR) is 81.4 cm³/mol. The smallest absolute Gasteiger partial charge is 0.313 e. The molecule has 0 spiro atoms. The molecule has 22 heavy (non-hydrogen) atoms. The lowest BCUT2D eigenvalue weighted by atomic mass is 10.2. The lowest BCUT2D eigenvalue weighted by Crippen LogP contribution is -3.05. The molecule has 1 aromatic carbocycles. The minimum Gasteiger partial charge on any atom is -0.486 e. The van der Waals surface area contributed by atoms with Crippen LogP contribution in [0.25, 0.3) is 0 Å². The van der Waals surface area contributed by atoms with Crippen molar-refractivity contribution in [1.29, 1.82) is 0 Å². The maximum atomic E-state index is 11.8. The van der Waals surface area contributed by atoms with E-state index < -0.39 is 11.8 Å². The van der Waals surface area contributed by atoms with E-state index in [0.717, 1.165) is 13.0 Å². The van der Waals surface area contributed by atoms with Gasteiger partial charge in [0.2, 0.25) is 0 Å². The highest BCUT2D eigenvalue weighted by atomic mass is 16.6. The van der Waals surface area contributed by atoms with Crippen LogP contribution in [0.1, 0.15) is 6.42 Å². The topological polar surface area (TPSA) is 81.1 Å². The van der Waals surface area contributed by atoms with Crippen molar-refractivity contribution >= 4 is 17.5 Å². The van der Waals surface area contributed by atoms with E-state index in [0.29, 0.717) is 36.9 Å². The fourth-order valence-electron chi connectivity index (χ4n) is 2.03. The average molecular weight is 308 g/mol. The van der Waals surface area contributed by atoms with Crippen LogP contribution in [0.4, 0.5) is 5.69 Å². The fourth-order valence-corrected chi connectivity index (χ4v) is 2.03. The Kier molecular flexibility index (Phi) is 5.60. The van der Waals surface area contributed by atoms with Gasteiger partial charge in [0.05, 0.1) is 20.6 Å². The van der Waals surface area contributed by atoms with Gasteiger partial charge in [0.1, 0.15) is 13.2 Å². The van der Waals surface area contributed by atoms with Gasteiger partial charge in [0.25, 0.3) is 0 Å². The molecule has 0 atom stereocenters. The number of hydrogen-bond acceptors (Lipinski definition) is 4. The van der Waals surface area contributed by atoms with Crippen molar-refractivity contribution in [3.8, 4) is 11.5 Å². The Morgan fingerprint density at radius 3 is 2.59 bits per heavy atom. The third-order valence-electron chi connectivity index (χ3n) is 3.15. The summed E-state index contributed by atoms with van der Waals surface area (Å²) in [5, 5.41) is 5.15. The molecule has 7 nitrogen and oxygen atoms in total. The highest BCUT2D eigenvalue weighted by molar-refractivity contribution is 6.39. The highest BCUT2D eigenvalue weighted by Crippen LogP contribution is 2.32. The van der Waals surface area contributed by atoms with Gasteiger partial charge in [-0.1, -0.05) is 0 Å². The van der Waals surface area contributed by atoms with Gasteiger partial charge in [-0.05, 0) is 12.1 Å². The van der Waals surface area contributed by atoms with Gasteiger partial charge in [-0.15, -0.1) is 0 Å². The lowest BCUT2D eigenvalue weighted by molar-refractivity contribution is -0.858. The van der Waals surface area contributed by atoms with E-state index in [1.54, 1.807) is 18.2 Å². The summed E-state index contributed by atoms with van der Waals surface area (Å²) in [6, 6.07) is 5.03. The van der Waals surface area contributed by atoms with E-state index in [-0.39, 0.29) is 0 Å². The number of fused-ring (bicyclic) bond motifs is 1. The summed E-state index contributed by atoms with van der Waals surface area (Å²) >= 11 is 0. The Morgan fingerprint density at radius 1 is 1.14 bits per heavy atom. The van der Waals surface area contributed by atoms with Crippen LogP contribution in [0.15, 0.2) is 18.2 Å². The second-order valence-corrected chi connectivity index (χ2v) is 5.38. The van der Waals surface area contributed by atoms with Gasteiger partial charge >= 0.3 is 11.8 Å². The molecule has 1 aliphatic rings. The molecule has 0 saturated carbocycles. The summed E-state index contributed by atoms with van der Waals surface area (Å²) in [6.45, 7) is 2.40. The first-order valence-electron chi connectivity index (χ1n) is 7.34. The molecular formula is C15H22N3O4+. The molecule has 0 unspecified atom stereocenters. The zero-order valence-corrected chi connectivity index (χ0v) is 12.9. The van der Waals surface area contributed by atoms with E-state index >= 15 is 0 Å². The number of benzene rings is 1. The second kappa shape index (κ2) is 7.65. The van der Waals surface area contributed by atoms with Crippen molar-refractivity contribution in [1.82, 2.24) is 5.32 Å². The molecular weight excluding hydrogens is 286 g/mol. The molecule has 7 heteroatoms. The van der Waals surface area contributed by atoms with Crippen LogP contribution in [0.3, 0.4) is 0 Å². The Labute approximate surface area is 129 Å². The van der Waals surface area contributed by atoms with Gasteiger partial charge in [-0.2, -0.15) is 0 Å². The summed E-state index contributed by atoms with van der Waals surface area (Å²) in [6.07, 6.45) is 0.825. The Bertz CT molecular complexity index is 546. The monoisotopic (exact) mass is 308 g/mol. The Balaban J connectivity index is 1.82. The third-order valence-corrected chi connectivity index (χ3v) is 3.15. The normalized spacial score (nSPS) is 12.9. The number of quaternary nitrogens is 1. The number of anilines is 1. The predicted octanol–water partition coefficient (Wildman–Crippen LogP) is -0.953. The summed E-state index contributed by atoms with van der Waals surface area (Å²) < 4.78 is 10.8. The number of hydrogen-bond donors (Lipinski definition) is 3. The van der Waals surface area contributed by atoms with Crippen molar-refractivity contribution in [3.63, 3.8) is 0 Å². The first-order chi connectivity index (χ1) is 10.6. The van der Waals surface area contributed by atoms with Gasteiger partial charge in [0.15, 0.2) is 11.5 Å². The van der Waals surface area contributed by atoms with Gasteiger partial charge in [-0.3, -0.25) is 9.59 Å². The second-order valence-electron chi connectivity index (χ2n) is 5.38. The molecule has 1 heterocycles. The van der Waals surface area contributed by atoms with Crippen molar-refractivity contribution in [3.05, 3.63) is 18.2 Å². The van der Waals surface area contributed by atoms with E-state index in [4.69, 9.17) is 9.47 Å². The number of carbonyl (C=O) groups excluding carboxylic acids is 2. The fraction of sp³-hybridized carbons (Fsp3) is 0.467. The largest absolute Gasteiger partial charge is 0.486 e. The van der Waals surface area contributed by atoms with Gasteiger partial charge in [-0.25, -0.2) is 0 Å². The van der Waals surface area contributed by atoms with E-state index in [9.17, 15) is 9.59 Å². The number of amides is 2. The summed E-state index contributed by atoms with van der Waals surface area (Å²) in [4.78, 5) is 24.8. The zero-order chi connectivity index (χ0) is 15.9. The average Bonchev–Trinajstić information content (AvgIpc) is 2.51. The highest BCUT2D eigenvalue weighted by Gasteiger charge is 2.16.